The molecule has 0 bridgehead atoms. The smallest absolute Gasteiger partial charge is 0.257 e. The molecular formula is C25H27FN4O2. The number of halogens is 1. The number of nitrogens with zero attached hydrogens (tertiary/aromatic N) is 3. The van der Waals surface area contributed by atoms with Crippen molar-refractivity contribution in [3.63, 3.8) is 0 Å². The number of rotatable bonds is 6. The van der Waals surface area contributed by atoms with E-state index in [0.29, 0.717) is 44.5 Å². The fraction of sp³-hybridized carbons (Fsp3) is 0.320. The van der Waals surface area contributed by atoms with Gasteiger partial charge in [0, 0.05) is 25.6 Å². The van der Waals surface area contributed by atoms with Crippen LogP contribution in [0.5, 0.6) is 0 Å². The van der Waals surface area contributed by atoms with Crippen molar-refractivity contribution in [3.05, 3.63) is 83.4 Å². The van der Waals surface area contributed by atoms with E-state index in [1.165, 1.54) is 12.1 Å². The first-order valence-corrected chi connectivity index (χ1v) is 11.0. The third-order valence-electron chi connectivity index (χ3n) is 5.97. The van der Waals surface area contributed by atoms with Crippen LogP contribution in [0.2, 0.25) is 0 Å². The van der Waals surface area contributed by atoms with Crippen molar-refractivity contribution >= 4 is 11.8 Å². The van der Waals surface area contributed by atoms with Crippen LogP contribution in [0.3, 0.4) is 0 Å². The van der Waals surface area contributed by atoms with Gasteiger partial charge in [-0.25, -0.2) is 9.07 Å². The highest BCUT2D eigenvalue weighted by atomic mass is 19.1. The zero-order valence-corrected chi connectivity index (χ0v) is 18.1. The van der Waals surface area contributed by atoms with Gasteiger partial charge in [-0.3, -0.25) is 9.59 Å². The third-order valence-corrected chi connectivity index (χ3v) is 5.97. The highest BCUT2D eigenvalue weighted by Gasteiger charge is 2.29. The van der Waals surface area contributed by atoms with Gasteiger partial charge in [0.1, 0.15) is 5.82 Å². The lowest BCUT2D eigenvalue weighted by atomic mass is 9.95. The molecule has 0 atom stereocenters. The highest BCUT2D eigenvalue weighted by Crippen LogP contribution is 2.22. The van der Waals surface area contributed by atoms with Gasteiger partial charge >= 0.3 is 0 Å². The van der Waals surface area contributed by atoms with Gasteiger partial charge in [-0.1, -0.05) is 37.3 Å². The molecule has 0 spiro atoms. The second kappa shape index (κ2) is 9.77. The van der Waals surface area contributed by atoms with Crippen LogP contribution < -0.4 is 5.32 Å². The van der Waals surface area contributed by atoms with Crippen LogP contribution in [-0.4, -0.2) is 39.6 Å². The van der Waals surface area contributed by atoms with Crippen LogP contribution in [0.15, 0.2) is 60.8 Å². The summed E-state index contributed by atoms with van der Waals surface area (Å²) >= 11 is 0. The zero-order chi connectivity index (χ0) is 22.5. The molecule has 1 aliphatic heterocycles. The first-order valence-electron chi connectivity index (χ1n) is 11.0. The average Bonchev–Trinajstić information content (AvgIpc) is 3.27. The lowest BCUT2D eigenvalue weighted by Gasteiger charge is -2.31. The van der Waals surface area contributed by atoms with Crippen LogP contribution >= 0.6 is 0 Å². The van der Waals surface area contributed by atoms with E-state index in [1.807, 2.05) is 37.3 Å². The third kappa shape index (κ3) is 4.72. The maximum atomic E-state index is 13.3. The Balaban J connectivity index is 1.37. The van der Waals surface area contributed by atoms with Crippen LogP contribution in [-0.2, 0) is 17.8 Å². The standard InChI is InChI=1S/C25H27FN4O2/c1-2-23-22(17-28-30(23)21-10-8-20(26)9-11-21)25(32)29-14-12-19(13-15-29)24(31)27-16-18-6-4-3-5-7-18/h3-11,17,19H,2,12-16H2,1H3,(H,27,31). The molecule has 1 aromatic heterocycles. The second-order valence-corrected chi connectivity index (χ2v) is 8.02. The van der Waals surface area contributed by atoms with Gasteiger partial charge in [-0.15, -0.1) is 0 Å². The Labute approximate surface area is 187 Å². The molecule has 1 saturated heterocycles. The second-order valence-electron chi connectivity index (χ2n) is 8.02. The summed E-state index contributed by atoms with van der Waals surface area (Å²) in [5.41, 5.74) is 3.14. The van der Waals surface area contributed by atoms with E-state index in [1.54, 1.807) is 27.9 Å². The SMILES string of the molecule is CCc1c(C(=O)N2CCC(C(=O)NCc3ccccc3)CC2)cnn1-c1ccc(F)cc1. The summed E-state index contributed by atoms with van der Waals surface area (Å²) in [5.74, 6) is -0.432. The zero-order valence-electron chi connectivity index (χ0n) is 18.1. The fourth-order valence-corrected chi connectivity index (χ4v) is 4.14. The molecule has 1 N–H and O–H groups in total. The molecule has 2 heterocycles. The van der Waals surface area contributed by atoms with E-state index in [4.69, 9.17) is 0 Å². The molecule has 0 saturated carbocycles. The number of amides is 2. The molecule has 166 valence electrons. The van der Waals surface area contributed by atoms with E-state index in [0.717, 1.165) is 16.9 Å². The first kappa shape index (κ1) is 21.7. The Hall–Kier alpha value is -3.48. The fourth-order valence-electron chi connectivity index (χ4n) is 4.14. The summed E-state index contributed by atoms with van der Waals surface area (Å²) in [7, 11) is 0. The lowest BCUT2D eigenvalue weighted by molar-refractivity contribution is -0.126. The molecule has 0 radical (unpaired) electrons. The van der Waals surface area contributed by atoms with Crippen molar-refractivity contribution < 1.29 is 14.0 Å². The molecule has 0 aliphatic carbocycles. The van der Waals surface area contributed by atoms with Gasteiger partial charge < -0.3 is 10.2 Å². The van der Waals surface area contributed by atoms with Crippen molar-refractivity contribution in [1.82, 2.24) is 20.0 Å². The molecule has 0 unspecified atom stereocenters. The van der Waals surface area contributed by atoms with E-state index >= 15 is 0 Å². The topological polar surface area (TPSA) is 67.2 Å². The molecule has 6 nitrogen and oxygen atoms in total. The lowest BCUT2D eigenvalue weighted by Crippen LogP contribution is -2.43. The summed E-state index contributed by atoms with van der Waals surface area (Å²) in [6.45, 7) is 3.55. The van der Waals surface area contributed by atoms with Gasteiger partial charge in [0.05, 0.1) is 23.1 Å². The summed E-state index contributed by atoms with van der Waals surface area (Å²) < 4.78 is 15.0. The molecule has 1 fully saturated rings. The summed E-state index contributed by atoms with van der Waals surface area (Å²) in [4.78, 5) is 27.5. The summed E-state index contributed by atoms with van der Waals surface area (Å²) in [6, 6.07) is 15.9. The van der Waals surface area contributed by atoms with Crippen LogP contribution in [0.25, 0.3) is 5.69 Å². The predicted molar refractivity (Wildman–Crippen MR) is 120 cm³/mol. The number of benzene rings is 2. The Bertz CT molecular complexity index is 1070. The molecule has 32 heavy (non-hydrogen) atoms. The minimum Gasteiger partial charge on any atom is -0.352 e. The molecular weight excluding hydrogens is 407 g/mol. The highest BCUT2D eigenvalue weighted by molar-refractivity contribution is 5.95. The summed E-state index contributed by atoms with van der Waals surface area (Å²) in [6.07, 6.45) is 3.49. The van der Waals surface area contributed by atoms with Crippen LogP contribution in [0.4, 0.5) is 4.39 Å². The minimum atomic E-state index is -0.314. The Kier molecular flexibility index (Phi) is 6.63. The van der Waals surface area contributed by atoms with Crippen molar-refractivity contribution in [2.24, 2.45) is 5.92 Å². The van der Waals surface area contributed by atoms with Gasteiger partial charge in [0.25, 0.3) is 5.91 Å². The molecule has 2 amide bonds. The van der Waals surface area contributed by atoms with E-state index in [9.17, 15) is 14.0 Å². The van der Waals surface area contributed by atoms with Crippen molar-refractivity contribution in [2.45, 2.75) is 32.7 Å². The van der Waals surface area contributed by atoms with E-state index < -0.39 is 0 Å². The molecule has 7 heteroatoms. The van der Waals surface area contributed by atoms with Crippen molar-refractivity contribution in [2.75, 3.05) is 13.1 Å². The van der Waals surface area contributed by atoms with E-state index in [2.05, 4.69) is 10.4 Å². The monoisotopic (exact) mass is 434 g/mol. The minimum absolute atomic E-state index is 0.0410. The van der Waals surface area contributed by atoms with Crippen LogP contribution in [0, 0.1) is 11.7 Å². The quantitative estimate of drug-likeness (QED) is 0.643. The van der Waals surface area contributed by atoms with Crippen molar-refractivity contribution in [3.8, 4) is 5.69 Å². The Morgan fingerprint density at radius 1 is 1.06 bits per heavy atom. The van der Waals surface area contributed by atoms with Crippen molar-refractivity contribution in [1.29, 1.82) is 0 Å². The largest absolute Gasteiger partial charge is 0.352 e. The van der Waals surface area contributed by atoms with Gasteiger partial charge in [0.2, 0.25) is 5.91 Å². The molecule has 1 aliphatic rings. The molecule has 4 rings (SSSR count). The first-order chi connectivity index (χ1) is 15.6. The summed E-state index contributed by atoms with van der Waals surface area (Å²) in [5, 5.41) is 7.39. The maximum Gasteiger partial charge on any atom is 0.257 e. The van der Waals surface area contributed by atoms with Gasteiger partial charge in [-0.2, -0.15) is 5.10 Å². The number of aromatic nitrogens is 2. The Morgan fingerprint density at radius 3 is 2.41 bits per heavy atom. The van der Waals surface area contributed by atoms with Crippen LogP contribution in [0.1, 0.15) is 41.4 Å². The van der Waals surface area contributed by atoms with Gasteiger partial charge in [0.15, 0.2) is 0 Å². The number of hydrogen-bond donors (Lipinski definition) is 1. The number of nitrogens with one attached hydrogen (secondary N) is 1. The average molecular weight is 435 g/mol. The molecule has 2 aromatic carbocycles. The number of hydrogen-bond acceptors (Lipinski definition) is 3. The van der Waals surface area contributed by atoms with E-state index in [-0.39, 0.29) is 23.5 Å². The number of likely N-dealkylation sites (tertiary alicyclic amines) is 1. The predicted octanol–water partition coefficient (Wildman–Crippen LogP) is 3.74. The maximum absolute atomic E-state index is 13.3. The normalized spacial score (nSPS) is 14.4. The number of piperidine rings is 1. The molecule has 3 aromatic rings. The van der Waals surface area contributed by atoms with Gasteiger partial charge in [-0.05, 0) is 49.1 Å². The number of carbonyl (C=O) groups is 2. The Morgan fingerprint density at radius 2 is 1.75 bits per heavy atom. The number of carbonyl (C=O) groups excluding carboxylic acids is 2.